The van der Waals surface area contributed by atoms with Gasteiger partial charge in [0.15, 0.2) is 0 Å². The fraction of sp³-hybridized carbons (Fsp3) is 0.378. The number of hydrogen-bond acceptors (Lipinski definition) is 8. The zero-order chi connectivity index (χ0) is 34.1. The highest BCUT2D eigenvalue weighted by molar-refractivity contribution is 6.05. The quantitative estimate of drug-likeness (QED) is 0.0391. The summed E-state index contributed by atoms with van der Waals surface area (Å²) in [6, 6.07) is 21.0. The Morgan fingerprint density at radius 1 is 1.00 bits per heavy atom. The average Bonchev–Trinajstić information content (AvgIpc) is 3.43. The number of anilines is 1. The SMILES string of the molecule is C[C@@H](Nc1cnc(-c2ccc(OCCCCCCCN=[N+]=[N-])cc2)n(CC(=O)OC(C)(C)C)c1=O)c1ccc2oc3ccccc3c2c1. The lowest BCUT2D eigenvalue weighted by Gasteiger charge is -2.21. The number of esters is 1. The molecular weight excluding hydrogens is 608 g/mol. The van der Waals surface area contributed by atoms with Crippen LogP contribution in [0.5, 0.6) is 5.75 Å². The summed E-state index contributed by atoms with van der Waals surface area (Å²) in [7, 11) is 0. The monoisotopic (exact) mass is 650 g/mol. The molecule has 0 bridgehead atoms. The number of rotatable bonds is 15. The fourth-order valence-corrected chi connectivity index (χ4v) is 5.55. The number of azide groups is 1. The Hall–Kier alpha value is -5.28. The number of nitrogens with zero attached hydrogens (tertiary/aromatic N) is 5. The van der Waals surface area contributed by atoms with Gasteiger partial charge in [0.1, 0.15) is 40.6 Å². The van der Waals surface area contributed by atoms with Gasteiger partial charge in [-0.2, -0.15) is 0 Å². The Morgan fingerprint density at radius 3 is 2.50 bits per heavy atom. The largest absolute Gasteiger partial charge is 0.494 e. The van der Waals surface area contributed by atoms with Crippen LogP contribution in [0.15, 0.2) is 87.3 Å². The van der Waals surface area contributed by atoms with E-state index in [0.29, 0.717) is 30.3 Å². The number of benzene rings is 3. The van der Waals surface area contributed by atoms with E-state index >= 15 is 0 Å². The van der Waals surface area contributed by atoms with E-state index in [9.17, 15) is 9.59 Å². The van der Waals surface area contributed by atoms with Crippen LogP contribution in [0.3, 0.4) is 0 Å². The highest BCUT2D eigenvalue weighted by Crippen LogP contribution is 2.31. The molecule has 11 nitrogen and oxygen atoms in total. The smallest absolute Gasteiger partial charge is 0.326 e. The third-order valence-electron chi connectivity index (χ3n) is 7.87. The summed E-state index contributed by atoms with van der Waals surface area (Å²) in [4.78, 5) is 34.3. The van der Waals surface area contributed by atoms with Crippen molar-refractivity contribution in [2.75, 3.05) is 18.5 Å². The Balaban J connectivity index is 1.32. The van der Waals surface area contributed by atoms with E-state index in [1.807, 2.05) is 67.6 Å². The molecule has 0 aliphatic carbocycles. The van der Waals surface area contributed by atoms with E-state index in [1.54, 1.807) is 20.8 Å². The van der Waals surface area contributed by atoms with E-state index in [4.69, 9.17) is 19.4 Å². The summed E-state index contributed by atoms with van der Waals surface area (Å²) in [5.74, 6) is 0.521. The number of carbonyl (C=O) groups is 1. The van der Waals surface area contributed by atoms with Crippen LogP contribution in [0.1, 0.15) is 71.4 Å². The van der Waals surface area contributed by atoms with Crippen molar-refractivity contribution in [2.45, 2.75) is 78.0 Å². The molecular formula is C37H42N6O5. The molecule has 11 heteroatoms. The summed E-state index contributed by atoms with van der Waals surface area (Å²) in [5.41, 5.74) is 10.8. The average molecular weight is 651 g/mol. The van der Waals surface area contributed by atoms with Crippen molar-refractivity contribution in [3.05, 3.63) is 99.3 Å². The van der Waals surface area contributed by atoms with Gasteiger partial charge in [-0.25, -0.2) is 4.98 Å². The van der Waals surface area contributed by atoms with E-state index in [-0.39, 0.29) is 23.8 Å². The summed E-state index contributed by atoms with van der Waals surface area (Å²) in [5, 5.41) is 8.90. The number of fused-ring (bicyclic) bond motifs is 3. The van der Waals surface area contributed by atoms with E-state index in [2.05, 4.69) is 26.4 Å². The lowest BCUT2D eigenvalue weighted by molar-refractivity contribution is -0.155. The maximum absolute atomic E-state index is 13.9. The van der Waals surface area contributed by atoms with Crippen LogP contribution in [0, 0.1) is 0 Å². The summed E-state index contributed by atoms with van der Waals surface area (Å²) < 4.78 is 18.8. The predicted molar refractivity (Wildman–Crippen MR) is 188 cm³/mol. The van der Waals surface area contributed by atoms with Crippen LogP contribution in [0.25, 0.3) is 43.8 Å². The van der Waals surface area contributed by atoms with Gasteiger partial charge in [-0.05, 0) is 94.1 Å². The topological polar surface area (TPSA) is 144 Å². The first-order chi connectivity index (χ1) is 23.1. The minimum Gasteiger partial charge on any atom is -0.494 e. The zero-order valence-corrected chi connectivity index (χ0v) is 27.9. The summed E-state index contributed by atoms with van der Waals surface area (Å²) >= 11 is 0. The van der Waals surface area contributed by atoms with Gasteiger partial charge in [0.05, 0.1) is 12.8 Å². The second kappa shape index (κ2) is 15.5. The minimum absolute atomic E-state index is 0.243. The van der Waals surface area contributed by atoms with Crippen molar-refractivity contribution in [2.24, 2.45) is 5.11 Å². The number of unbranched alkanes of at least 4 members (excludes halogenated alkanes) is 4. The number of nitrogens with one attached hydrogen (secondary N) is 1. The molecule has 0 saturated heterocycles. The molecule has 1 atom stereocenters. The number of para-hydroxylation sites is 1. The summed E-state index contributed by atoms with van der Waals surface area (Å²) in [6.45, 7) is 8.17. The van der Waals surface area contributed by atoms with Gasteiger partial charge in [0, 0.05) is 33.8 Å². The van der Waals surface area contributed by atoms with Crippen molar-refractivity contribution >= 4 is 33.6 Å². The Bertz CT molecular complexity index is 1970. The molecule has 5 rings (SSSR count). The molecule has 2 aromatic heterocycles. The van der Waals surface area contributed by atoms with Gasteiger partial charge in [0.2, 0.25) is 0 Å². The maximum Gasteiger partial charge on any atom is 0.326 e. The normalized spacial score (nSPS) is 12.1. The molecule has 0 fully saturated rings. The predicted octanol–water partition coefficient (Wildman–Crippen LogP) is 8.96. The van der Waals surface area contributed by atoms with Crippen molar-refractivity contribution < 1.29 is 18.7 Å². The van der Waals surface area contributed by atoms with E-state index in [0.717, 1.165) is 59.6 Å². The van der Waals surface area contributed by atoms with Crippen molar-refractivity contribution in [1.29, 1.82) is 0 Å². The molecule has 0 amide bonds. The molecule has 250 valence electrons. The first-order valence-electron chi connectivity index (χ1n) is 16.4. The highest BCUT2D eigenvalue weighted by atomic mass is 16.6. The lowest BCUT2D eigenvalue weighted by Crippen LogP contribution is -2.33. The first-order valence-corrected chi connectivity index (χ1v) is 16.4. The third kappa shape index (κ3) is 8.74. The molecule has 48 heavy (non-hydrogen) atoms. The van der Waals surface area contributed by atoms with Crippen LogP contribution in [-0.4, -0.2) is 34.3 Å². The van der Waals surface area contributed by atoms with Crippen LogP contribution in [0.4, 0.5) is 5.69 Å². The Labute approximate surface area is 279 Å². The Morgan fingerprint density at radius 2 is 1.73 bits per heavy atom. The van der Waals surface area contributed by atoms with Crippen molar-refractivity contribution in [3.63, 3.8) is 0 Å². The van der Waals surface area contributed by atoms with Crippen LogP contribution < -0.4 is 15.6 Å². The second-order valence-corrected chi connectivity index (χ2v) is 12.8. The van der Waals surface area contributed by atoms with Crippen molar-refractivity contribution in [1.82, 2.24) is 9.55 Å². The molecule has 1 N–H and O–H groups in total. The molecule has 3 aromatic carbocycles. The molecule has 2 heterocycles. The van der Waals surface area contributed by atoms with Gasteiger partial charge >= 0.3 is 5.97 Å². The highest BCUT2D eigenvalue weighted by Gasteiger charge is 2.21. The van der Waals surface area contributed by atoms with Crippen LogP contribution >= 0.6 is 0 Å². The summed E-state index contributed by atoms with van der Waals surface area (Å²) in [6.07, 6.45) is 6.45. The molecule has 0 aliphatic heterocycles. The number of hydrogen-bond donors (Lipinski definition) is 1. The third-order valence-corrected chi connectivity index (χ3v) is 7.87. The molecule has 0 saturated carbocycles. The van der Waals surface area contributed by atoms with Crippen molar-refractivity contribution in [3.8, 4) is 17.1 Å². The van der Waals surface area contributed by atoms with Crippen LogP contribution in [0.2, 0.25) is 0 Å². The first kappa shape index (κ1) is 34.1. The molecule has 0 unspecified atom stereocenters. The molecule has 0 aliphatic rings. The van der Waals surface area contributed by atoms with Gasteiger partial charge in [-0.3, -0.25) is 14.2 Å². The van der Waals surface area contributed by atoms with Crippen LogP contribution in [-0.2, 0) is 16.1 Å². The standard InChI is InChI=1S/C37H42N6O5/c1-25(27-16-19-33-30(22-27)29-12-8-9-13-32(29)47-33)41-31-23-39-35(43(36(31)45)24-34(44)48-37(2,3)4)26-14-17-28(18-15-26)46-21-11-7-5-6-10-20-40-42-38/h8-9,12-19,22-23,25,41H,5-7,10-11,20-21,24H2,1-4H3/t25-/m1/s1. The Kier molecular flexibility index (Phi) is 11.0. The van der Waals surface area contributed by atoms with Gasteiger partial charge in [-0.15, -0.1) is 0 Å². The molecule has 0 radical (unpaired) electrons. The van der Waals surface area contributed by atoms with E-state index < -0.39 is 11.6 Å². The zero-order valence-electron chi connectivity index (χ0n) is 27.9. The fourth-order valence-electron chi connectivity index (χ4n) is 5.55. The molecule has 5 aromatic rings. The number of ether oxygens (including phenoxy) is 2. The maximum atomic E-state index is 13.9. The number of aromatic nitrogens is 2. The van der Waals surface area contributed by atoms with Gasteiger partial charge in [0.25, 0.3) is 5.56 Å². The van der Waals surface area contributed by atoms with Gasteiger partial charge in [-0.1, -0.05) is 48.6 Å². The van der Waals surface area contributed by atoms with Gasteiger partial charge < -0.3 is 19.2 Å². The number of carbonyl (C=O) groups excluding carboxylic acids is 1. The lowest BCUT2D eigenvalue weighted by atomic mass is 10.0. The molecule has 0 spiro atoms. The minimum atomic E-state index is -0.709. The second-order valence-electron chi connectivity index (χ2n) is 12.8. The number of furan rings is 1. The van der Waals surface area contributed by atoms with E-state index in [1.165, 1.54) is 10.8 Å².